The van der Waals surface area contributed by atoms with Crippen molar-refractivity contribution in [2.45, 2.75) is 19.4 Å². The zero-order valence-electron chi connectivity index (χ0n) is 8.42. The summed E-state index contributed by atoms with van der Waals surface area (Å²) in [6.07, 6.45) is 4.14. The molecule has 5 heteroatoms. The van der Waals surface area contributed by atoms with Crippen LogP contribution in [0.15, 0.2) is 28.9 Å². The number of rotatable bonds is 3. The first-order valence-corrected chi connectivity index (χ1v) is 4.80. The third-order valence-corrected chi connectivity index (χ3v) is 2.11. The minimum absolute atomic E-state index is 0.192. The molecular weight excluding hydrogens is 192 g/mol. The van der Waals surface area contributed by atoms with Gasteiger partial charge in [0.2, 0.25) is 11.8 Å². The second-order valence-electron chi connectivity index (χ2n) is 3.20. The maximum absolute atomic E-state index is 5.77. The van der Waals surface area contributed by atoms with Crippen LogP contribution in [-0.2, 0) is 0 Å². The number of hydrogen-bond donors (Lipinski definition) is 1. The van der Waals surface area contributed by atoms with Crippen LogP contribution in [0.3, 0.4) is 0 Å². The predicted octanol–water partition coefficient (Wildman–Crippen LogP) is 1.54. The van der Waals surface area contributed by atoms with Crippen molar-refractivity contribution in [2.24, 2.45) is 5.73 Å². The molecule has 2 aromatic heterocycles. The number of aromatic nitrogens is 3. The topological polar surface area (TPSA) is 77.8 Å². The second kappa shape index (κ2) is 4.18. The van der Waals surface area contributed by atoms with Gasteiger partial charge in [0.1, 0.15) is 0 Å². The molecule has 0 bridgehead atoms. The van der Waals surface area contributed by atoms with Crippen LogP contribution in [0, 0.1) is 0 Å². The fourth-order valence-electron chi connectivity index (χ4n) is 1.16. The normalized spacial score (nSPS) is 12.7. The minimum Gasteiger partial charge on any atom is -0.419 e. The molecule has 78 valence electrons. The summed E-state index contributed by atoms with van der Waals surface area (Å²) in [6, 6.07) is 3.49. The Hall–Kier alpha value is -1.75. The fourth-order valence-corrected chi connectivity index (χ4v) is 1.16. The lowest BCUT2D eigenvalue weighted by Gasteiger charge is -2.00. The molecule has 0 aliphatic carbocycles. The van der Waals surface area contributed by atoms with Crippen LogP contribution in [0.2, 0.25) is 0 Å². The first-order chi connectivity index (χ1) is 7.31. The van der Waals surface area contributed by atoms with Crippen molar-refractivity contribution >= 4 is 0 Å². The Kier molecular flexibility index (Phi) is 2.73. The average molecular weight is 204 g/mol. The summed E-state index contributed by atoms with van der Waals surface area (Å²) in [5.74, 6) is 0.929. The average Bonchev–Trinajstić information content (AvgIpc) is 2.78. The van der Waals surface area contributed by atoms with E-state index in [4.69, 9.17) is 10.2 Å². The van der Waals surface area contributed by atoms with E-state index < -0.39 is 0 Å². The number of hydrogen-bond acceptors (Lipinski definition) is 5. The van der Waals surface area contributed by atoms with Crippen molar-refractivity contribution in [1.29, 1.82) is 0 Å². The van der Waals surface area contributed by atoms with Crippen molar-refractivity contribution in [3.63, 3.8) is 0 Å². The van der Waals surface area contributed by atoms with E-state index in [1.165, 1.54) is 0 Å². The lowest BCUT2D eigenvalue weighted by Crippen LogP contribution is -2.08. The molecule has 0 spiro atoms. The summed E-state index contributed by atoms with van der Waals surface area (Å²) in [5.41, 5.74) is 6.58. The molecule has 2 heterocycles. The van der Waals surface area contributed by atoms with E-state index in [0.717, 1.165) is 12.0 Å². The summed E-state index contributed by atoms with van der Waals surface area (Å²) in [7, 11) is 0. The summed E-state index contributed by atoms with van der Waals surface area (Å²) in [4.78, 5) is 3.98. The lowest BCUT2D eigenvalue weighted by molar-refractivity contribution is 0.452. The first-order valence-electron chi connectivity index (χ1n) is 4.80. The molecule has 0 fully saturated rings. The van der Waals surface area contributed by atoms with E-state index in [1.54, 1.807) is 12.4 Å². The Labute approximate surface area is 87.3 Å². The monoisotopic (exact) mass is 204 g/mol. The highest BCUT2D eigenvalue weighted by atomic mass is 16.4. The van der Waals surface area contributed by atoms with Gasteiger partial charge >= 0.3 is 0 Å². The van der Waals surface area contributed by atoms with Gasteiger partial charge in [-0.15, -0.1) is 10.2 Å². The molecule has 15 heavy (non-hydrogen) atoms. The van der Waals surface area contributed by atoms with Gasteiger partial charge in [0.15, 0.2) is 0 Å². The van der Waals surface area contributed by atoms with Crippen molar-refractivity contribution < 1.29 is 4.42 Å². The molecule has 5 nitrogen and oxygen atoms in total. The van der Waals surface area contributed by atoms with Gasteiger partial charge in [-0.2, -0.15) is 0 Å². The van der Waals surface area contributed by atoms with Crippen LogP contribution in [0.5, 0.6) is 0 Å². The van der Waals surface area contributed by atoms with E-state index in [-0.39, 0.29) is 6.04 Å². The maximum Gasteiger partial charge on any atom is 0.249 e. The molecule has 2 rings (SSSR count). The molecule has 0 aliphatic rings. The number of nitrogens with zero attached hydrogens (tertiary/aromatic N) is 3. The van der Waals surface area contributed by atoms with Crippen LogP contribution in [0.4, 0.5) is 0 Å². The van der Waals surface area contributed by atoms with Gasteiger partial charge < -0.3 is 10.2 Å². The first kappa shape index (κ1) is 9.79. The summed E-state index contributed by atoms with van der Waals surface area (Å²) in [6.45, 7) is 1.97. The zero-order chi connectivity index (χ0) is 10.7. The van der Waals surface area contributed by atoms with Crippen LogP contribution in [-0.4, -0.2) is 15.2 Å². The number of pyridine rings is 1. The molecule has 2 aromatic rings. The van der Waals surface area contributed by atoms with Crippen LogP contribution >= 0.6 is 0 Å². The molecular formula is C10H12N4O. The third-order valence-electron chi connectivity index (χ3n) is 2.11. The Bertz CT molecular complexity index is 426. The van der Waals surface area contributed by atoms with Gasteiger partial charge in [-0.1, -0.05) is 6.92 Å². The molecule has 0 amide bonds. The third kappa shape index (κ3) is 2.02. The van der Waals surface area contributed by atoms with Crippen molar-refractivity contribution in [3.05, 3.63) is 30.4 Å². The highest BCUT2D eigenvalue weighted by Gasteiger charge is 2.13. The van der Waals surface area contributed by atoms with Gasteiger partial charge in [0, 0.05) is 12.4 Å². The molecule has 1 atom stereocenters. The van der Waals surface area contributed by atoms with E-state index in [2.05, 4.69) is 15.2 Å². The largest absolute Gasteiger partial charge is 0.419 e. The molecule has 0 aliphatic heterocycles. The SMILES string of the molecule is CCC(N)c1nnc(-c2cccnc2)o1. The Morgan fingerprint density at radius 3 is 3.00 bits per heavy atom. The van der Waals surface area contributed by atoms with Gasteiger partial charge in [-0.25, -0.2) is 0 Å². The molecule has 1 unspecified atom stereocenters. The standard InChI is InChI=1S/C10H12N4O/c1-2-8(11)10-14-13-9(15-10)7-4-3-5-12-6-7/h3-6,8H,2,11H2,1H3. The molecule has 0 radical (unpaired) electrons. The molecule has 2 N–H and O–H groups in total. The second-order valence-corrected chi connectivity index (χ2v) is 3.20. The fraction of sp³-hybridized carbons (Fsp3) is 0.300. The van der Waals surface area contributed by atoms with Gasteiger partial charge in [0.05, 0.1) is 11.6 Å². The summed E-state index contributed by atoms with van der Waals surface area (Å²) in [5, 5.41) is 7.81. The van der Waals surface area contributed by atoms with Crippen molar-refractivity contribution in [2.75, 3.05) is 0 Å². The van der Waals surface area contributed by atoms with Crippen LogP contribution in [0.1, 0.15) is 25.3 Å². The van der Waals surface area contributed by atoms with E-state index in [0.29, 0.717) is 11.8 Å². The van der Waals surface area contributed by atoms with Gasteiger partial charge in [0.25, 0.3) is 0 Å². The molecule has 0 aromatic carbocycles. The van der Waals surface area contributed by atoms with Crippen LogP contribution in [0.25, 0.3) is 11.5 Å². The quantitative estimate of drug-likeness (QED) is 0.820. The van der Waals surface area contributed by atoms with Crippen molar-refractivity contribution in [3.8, 4) is 11.5 Å². The minimum atomic E-state index is -0.192. The van der Waals surface area contributed by atoms with Gasteiger partial charge in [-0.3, -0.25) is 4.98 Å². The predicted molar refractivity (Wildman–Crippen MR) is 54.7 cm³/mol. The maximum atomic E-state index is 5.77. The zero-order valence-corrected chi connectivity index (χ0v) is 8.42. The van der Waals surface area contributed by atoms with E-state index >= 15 is 0 Å². The lowest BCUT2D eigenvalue weighted by atomic mass is 10.2. The smallest absolute Gasteiger partial charge is 0.249 e. The van der Waals surface area contributed by atoms with Gasteiger partial charge in [-0.05, 0) is 18.6 Å². The van der Waals surface area contributed by atoms with Crippen LogP contribution < -0.4 is 5.73 Å². The Balaban J connectivity index is 2.28. The number of nitrogens with two attached hydrogens (primary N) is 1. The van der Waals surface area contributed by atoms with E-state index in [1.807, 2.05) is 19.1 Å². The van der Waals surface area contributed by atoms with E-state index in [9.17, 15) is 0 Å². The molecule has 0 saturated heterocycles. The highest BCUT2D eigenvalue weighted by Crippen LogP contribution is 2.19. The summed E-state index contributed by atoms with van der Waals surface area (Å²) < 4.78 is 5.44. The Morgan fingerprint density at radius 2 is 2.33 bits per heavy atom. The molecule has 0 saturated carbocycles. The Morgan fingerprint density at radius 1 is 1.47 bits per heavy atom. The summed E-state index contributed by atoms with van der Waals surface area (Å²) >= 11 is 0. The van der Waals surface area contributed by atoms with Crippen molar-refractivity contribution in [1.82, 2.24) is 15.2 Å². The highest BCUT2D eigenvalue weighted by molar-refractivity contribution is 5.49.